The van der Waals surface area contributed by atoms with E-state index in [9.17, 15) is 23.1 Å². The molecule has 1 aromatic rings. The largest absolute Gasteiger partial charge is 0.478 e. The number of carboxylic acids is 1. The number of alkyl halides is 3. The minimum atomic E-state index is -4.86. The van der Waals surface area contributed by atoms with Crippen molar-refractivity contribution in [2.75, 3.05) is 0 Å². The molecular weight excluding hydrogens is 289 g/mol. The zero-order valence-corrected chi connectivity index (χ0v) is 11.2. The van der Waals surface area contributed by atoms with Crippen molar-refractivity contribution in [1.29, 1.82) is 0 Å². The second kappa shape index (κ2) is 5.07. The second-order valence-corrected chi connectivity index (χ2v) is 4.89. The number of aliphatic hydroxyl groups excluding tert-OH is 1. The van der Waals surface area contributed by atoms with Crippen LogP contribution in [0.3, 0.4) is 0 Å². The first kappa shape index (κ1) is 15.4. The quantitative estimate of drug-likeness (QED) is 0.881. The monoisotopic (exact) mass is 302 g/mol. The Labute approximate surface area is 118 Å². The highest BCUT2D eigenvalue weighted by Gasteiger charge is 2.48. The number of benzene rings is 1. The van der Waals surface area contributed by atoms with Crippen LogP contribution in [0.25, 0.3) is 6.08 Å². The van der Waals surface area contributed by atoms with Gasteiger partial charge in [0.1, 0.15) is 5.75 Å². The van der Waals surface area contributed by atoms with Crippen molar-refractivity contribution < 1.29 is 32.9 Å². The number of carbonyl (C=O) groups is 1. The molecular formula is C14H13F3O4. The minimum absolute atomic E-state index is 0.136. The summed E-state index contributed by atoms with van der Waals surface area (Å²) in [5.41, 5.74) is 0.209. The first-order valence-corrected chi connectivity index (χ1v) is 6.12. The predicted octanol–water partition coefficient (Wildman–Crippen LogP) is 2.84. The van der Waals surface area contributed by atoms with Crippen LogP contribution in [0.1, 0.15) is 29.7 Å². The fourth-order valence-electron chi connectivity index (χ4n) is 2.23. The van der Waals surface area contributed by atoms with Gasteiger partial charge in [-0.05, 0) is 37.6 Å². The highest BCUT2D eigenvalue weighted by atomic mass is 19.4. The summed E-state index contributed by atoms with van der Waals surface area (Å²) < 4.78 is 43.8. The lowest BCUT2D eigenvalue weighted by atomic mass is 9.95. The van der Waals surface area contributed by atoms with Crippen molar-refractivity contribution in [1.82, 2.24) is 0 Å². The number of carboxylic acid groups (broad SMARTS) is 1. The van der Waals surface area contributed by atoms with Gasteiger partial charge in [-0.3, -0.25) is 0 Å². The fraction of sp³-hybridized carbons (Fsp3) is 0.357. The average Bonchev–Trinajstić information content (AvgIpc) is 2.34. The third kappa shape index (κ3) is 2.87. The minimum Gasteiger partial charge on any atom is -0.478 e. The van der Waals surface area contributed by atoms with Crippen LogP contribution in [0.5, 0.6) is 5.75 Å². The molecule has 1 aliphatic heterocycles. The number of ether oxygens (including phenoxy) is 1. The molecule has 0 bridgehead atoms. The van der Waals surface area contributed by atoms with Crippen molar-refractivity contribution in [2.45, 2.75) is 32.2 Å². The molecule has 0 saturated carbocycles. The van der Waals surface area contributed by atoms with Crippen LogP contribution in [-0.4, -0.2) is 28.5 Å². The molecule has 1 aromatic carbocycles. The maximum absolute atomic E-state index is 13.0. The van der Waals surface area contributed by atoms with E-state index in [1.54, 1.807) is 6.92 Å². The SMILES string of the molecule is Cc1cc2c(c(C(C)O)c1)OC(C(F)(F)F)C(C(=O)O)=C2. The van der Waals surface area contributed by atoms with E-state index < -0.39 is 29.9 Å². The van der Waals surface area contributed by atoms with Crippen molar-refractivity contribution in [3.63, 3.8) is 0 Å². The molecule has 0 amide bonds. The third-order valence-corrected chi connectivity index (χ3v) is 3.11. The predicted molar refractivity (Wildman–Crippen MR) is 67.9 cm³/mol. The van der Waals surface area contributed by atoms with Crippen LogP contribution >= 0.6 is 0 Å². The number of hydrogen-bond donors (Lipinski definition) is 2. The van der Waals surface area contributed by atoms with Crippen molar-refractivity contribution in [3.8, 4) is 5.75 Å². The van der Waals surface area contributed by atoms with Crippen LogP contribution in [-0.2, 0) is 4.79 Å². The molecule has 0 spiro atoms. The van der Waals surface area contributed by atoms with Gasteiger partial charge in [0.15, 0.2) is 0 Å². The summed E-state index contributed by atoms with van der Waals surface area (Å²) >= 11 is 0. The summed E-state index contributed by atoms with van der Waals surface area (Å²) in [7, 11) is 0. The van der Waals surface area contributed by atoms with Gasteiger partial charge in [0, 0.05) is 11.1 Å². The van der Waals surface area contributed by atoms with E-state index in [0.29, 0.717) is 5.56 Å². The lowest BCUT2D eigenvalue weighted by Gasteiger charge is -2.29. The molecule has 0 fully saturated rings. The van der Waals surface area contributed by atoms with Crippen LogP contribution in [0.15, 0.2) is 17.7 Å². The summed E-state index contributed by atoms with van der Waals surface area (Å²) in [5.74, 6) is -1.83. The van der Waals surface area contributed by atoms with Crippen molar-refractivity contribution in [2.24, 2.45) is 0 Å². The molecule has 1 aliphatic rings. The normalized spacial score (nSPS) is 19.3. The van der Waals surface area contributed by atoms with Crippen molar-refractivity contribution in [3.05, 3.63) is 34.4 Å². The first-order valence-electron chi connectivity index (χ1n) is 6.12. The lowest BCUT2D eigenvalue weighted by molar-refractivity contribution is -0.187. The molecule has 1 heterocycles. The summed E-state index contributed by atoms with van der Waals surface area (Å²) in [6.45, 7) is 3.09. The average molecular weight is 302 g/mol. The Morgan fingerprint density at radius 3 is 2.48 bits per heavy atom. The van der Waals surface area contributed by atoms with E-state index in [2.05, 4.69) is 0 Å². The molecule has 4 nitrogen and oxygen atoms in total. The van der Waals surface area contributed by atoms with E-state index in [-0.39, 0.29) is 16.9 Å². The zero-order valence-electron chi connectivity index (χ0n) is 11.2. The van der Waals surface area contributed by atoms with Gasteiger partial charge in [0.05, 0.1) is 11.7 Å². The summed E-state index contributed by atoms with van der Waals surface area (Å²) in [5, 5.41) is 18.6. The highest BCUT2D eigenvalue weighted by Crippen LogP contribution is 2.41. The molecule has 0 radical (unpaired) electrons. The first-order chi connectivity index (χ1) is 9.61. The molecule has 114 valence electrons. The molecule has 0 saturated heterocycles. The topological polar surface area (TPSA) is 66.8 Å². The lowest BCUT2D eigenvalue weighted by Crippen LogP contribution is -2.40. The van der Waals surface area contributed by atoms with Crippen LogP contribution in [0.4, 0.5) is 13.2 Å². The van der Waals surface area contributed by atoms with Gasteiger partial charge < -0.3 is 14.9 Å². The molecule has 21 heavy (non-hydrogen) atoms. The second-order valence-electron chi connectivity index (χ2n) is 4.89. The maximum Gasteiger partial charge on any atom is 0.430 e. The summed E-state index contributed by atoms with van der Waals surface area (Å²) in [4.78, 5) is 11.0. The van der Waals surface area contributed by atoms with Gasteiger partial charge in [0.25, 0.3) is 0 Å². The number of halogens is 3. The van der Waals surface area contributed by atoms with Gasteiger partial charge in [-0.2, -0.15) is 13.2 Å². The number of aliphatic carboxylic acids is 1. The van der Waals surface area contributed by atoms with E-state index in [1.807, 2.05) is 0 Å². The van der Waals surface area contributed by atoms with Gasteiger partial charge in [-0.1, -0.05) is 0 Å². The molecule has 2 unspecified atom stereocenters. The Balaban J connectivity index is 2.66. The van der Waals surface area contributed by atoms with E-state index >= 15 is 0 Å². The number of aliphatic hydroxyl groups is 1. The highest BCUT2D eigenvalue weighted by molar-refractivity contribution is 5.95. The standard InChI is InChI=1S/C14H13F3O4/c1-6-3-8-5-10(13(19)20)12(14(15,16)17)21-11(8)9(4-6)7(2)18/h3-5,7,12,18H,1-2H3,(H,19,20). The Morgan fingerprint density at radius 1 is 1.38 bits per heavy atom. The molecule has 2 rings (SSSR count). The summed E-state index contributed by atoms with van der Waals surface area (Å²) in [6, 6.07) is 3.02. The van der Waals surface area contributed by atoms with E-state index in [1.165, 1.54) is 19.1 Å². The number of rotatable bonds is 2. The Kier molecular flexibility index (Phi) is 3.71. The van der Waals surface area contributed by atoms with Gasteiger partial charge >= 0.3 is 12.1 Å². The molecule has 7 heteroatoms. The Hall–Kier alpha value is -2.02. The van der Waals surface area contributed by atoms with Gasteiger partial charge in [-0.25, -0.2) is 4.79 Å². The zero-order chi connectivity index (χ0) is 15.9. The van der Waals surface area contributed by atoms with E-state index in [0.717, 1.165) is 6.08 Å². The number of aryl methyl sites for hydroxylation is 1. The van der Waals surface area contributed by atoms with Crippen LogP contribution < -0.4 is 4.74 Å². The molecule has 0 aliphatic carbocycles. The van der Waals surface area contributed by atoms with Gasteiger partial charge in [-0.15, -0.1) is 0 Å². The van der Waals surface area contributed by atoms with Gasteiger partial charge in [0.2, 0.25) is 6.10 Å². The third-order valence-electron chi connectivity index (χ3n) is 3.11. The van der Waals surface area contributed by atoms with E-state index in [4.69, 9.17) is 9.84 Å². The number of hydrogen-bond acceptors (Lipinski definition) is 3. The van der Waals surface area contributed by atoms with Crippen molar-refractivity contribution >= 4 is 12.0 Å². The molecule has 2 N–H and O–H groups in total. The fourth-order valence-corrected chi connectivity index (χ4v) is 2.23. The maximum atomic E-state index is 13.0. The molecule has 0 aromatic heterocycles. The number of fused-ring (bicyclic) bond motifs is 1. The molecule has 2 atom stereocenters. The Bertz CT molecular complexity index is 617. The summed E-state index contributed by atoms with van der Waals surface area (Å²) in [6.07, 6.45) is -7.50. The Morgan fingerprint density at radius 2 is 2.00 bits per heavy atom. The smallest absolute Gasteiger partial charge is 0.430 e. The van der Waals surface area contributed by atoms with Crippen LogP contribution in [0, 0.1) is 6.92 Å². The van der Waals surface area contributed by atoms with Crippen LogP contribution in [0.2, 0.25) is 0 Å².